The van der Waals surface area contributed by atoms with E-state index < -0.39 is 6.10 Å². The molecule has 7 atom stereocenters. The molecule has 0 amide bonds. The highest BCUT2D eigenvalue weighted by Gasteiger charge is 2.40. The molecule has 0 bridgehead atoms. The van der Waals surface area contributed by atoms with Gasteiger partial charge in [-0.25, -0.2) is 0 Å². The zero-order chi connectivity index (χ0) is 18.2. The van der Waals surface area contributed by atoms with Crippen LogP contribution in [0, 0.1) is 11.8 Å². The summed E-state index contributed by atoms with van der Waals surface area (Å²) in [6, 6.07) is 7.18. The Morgan fingerprint density at radius 3 is 2.80 bits per heavy atom. The average Bonchev–Trinajstić information content (AvgIpc) is 2.91. The van der Waals surface area contributed by atoms with Gasteiger partial charge in [0.25, 0.3) is 0 Å². The molecule has 0 aromatic heterocycles. The Bertz CT molecular complexity index is 560. The van der Waals surface area contributed by atoms with Gasteiger partial charge in [-0.1, -0.05) is 29.8 Å². The van der Waals surface area contributed by atoms with E-state index in [2.05, 4.69) is 18.9 Å². The van der Waals surface area contributed by atoms with Crippen LogP contribution < -0.4 is 4.74 Å². The Morgan fingerprint density at radius 2 is 2.16 bits per heavy atom. The third-order valence-corrected chi connectivity index (χ3v) is 5.40. The zero-order valence-corrected chi connectivity index (χ0v) is 16.9. The van der Waals surface area contributed by atoms with Crippen LogP contribution in [0.3, 0.4) is 0 Å². The lowest BCUT2D eigenvalue weighted by atomic mass is 9.90. The number of aliphatic hydroxyl groups excluding tert-OH is 2. The van der Waals surface area contributed by atoms with Gasteiger partial charge < -0.3 is 24.0 Å². The second-order valence-corrected chi connectivity index (χ2v) is 7.04. The summed E-state index contributed by atoms with van der Waals surface area (Å²) in [5, 5.41) is 20.0. The number of aliphatic hydroxyl groups is 2. The van der Waals surface area contributed by atoms with Crippen molar-refractivity contribution in [2.45, 2.75) is 31.2 Å². The van der Waals surface area contributed by atoms with Gasteiger partial charge in [-0.15, -0.1) is 0 Å². The van der Waals surface area contributed by atoms with Crippen LogP contribution in [0.2, 0.25) is 5.02 Å². The van der Waals surface area contributed by atoms with Crippen LogP contribution >= 0.6 is 30.5 Å². The first kappa shape index (κ1) is 21.1. The second-order valence-electron chi connectivity index (χ2n) is 6.06. The summed E-state index contributed by atoms with van der Waals surface area (Å²) in [7, 11) is 4.50. The van der Waals surface area contributed by atoms with Crippen LogP contribution in [0.5, 0.6) is 5.75 Å². The first-order chi connectivity index (χ1) is 12.1. The minimum absolute atomic E-state index is 0.00784. The molecule has 5 unspecified atom stereocenters. The quantitative estimate of drug-likeness (QED) is 0.487. The van der Waals surface area contributed by atoms with Gasteiger partial charge in [0, 0.05) is 42.9 Å². The van der Waals surface area contributed by atoms with Crippen molar-refractivity contribution in [3.63, 3.8) is 0 Å². The lowest BCUT2D eigenvalue weighted by Gasteiger charge is -2.22. The van der Waals surface area contributed by atoms with Crippen molar-refractivity contribution in [3.8, 4) is 5.75 Å². The monoisotopic (exact) mass is 406 g/mol. The molecule has 140 valence electrons. The van der Waals surface area contributed by atoms with Crippen LogP contribution in [0.15, 0.2) is 36.4 Å². The van der Waals surface area contributed by atoms with Crippen molar-refractivity contribution < 1.29 is 24.0 Å². The molecule has 1 aliphatic rings. The highest BCUT2D eigenvalue weighted by Crippen LogP contribution is 2.38. The van der Waals surface area contributed by atoms with E-state index in [-0.39, 0.29) is 30.7 Å². The predicted molar refractivity (Wildman–Crippen MR) is 105 cm³/mol. The van der Waals surface area contributed by atoms with Gasteiger partial charge in [0.1, 0.15) is 18.5 Å². The smallest absolute Gasteiger partial charge is 0.120 e. The Balaban J connectivity index is 1.98. The van der Waals surface area contributed by atoms with Gasteiger partial charge in [-0.05, 0) is 30.5 Å². The van der Waals surface area contributed by atoms with E-state index in [9.17, 15) is 10.2 Å². The number of hydrogen-bond acceptors (Lipinski definition) is 5. The van der Waals surface area contributed by atoms with Crippen LogP contribution in [0.4, 0.5) is 0 Å². The molecule has 2 N–H and O–H groups in total. The maximum absolute atomic E-state index is 10.2. The normalized spacial score (nSPS) is 27.7. The summed E-state index contributed by atoms with van der Waals surface area (Å²) in [6.07, 6.45) is 4.11. The summed E-state index contributed by atoms with van der Waals surface area (Å²) in [6.45, 7) is 0.365. The first-order valence-electron chi connectivity index (χ1n) is 8.15. The fraction of sp³-hybridized carbons (Fsp3) is 0.529. The van der Waals surface area contributed by atoms with Crippen molar-refractivity contribution in [2.75, 3.05) is 13.2 Å². The molecule has 1 saturated carbocycles. The summed E-state index contributed by atoms with van der Waals surface area (Å²) in [4.78, 5) is 0. The zero-order valence-electron chi connectivity index (χ0n) is 13.8. The third kappa shape index (κ3) is 6.15. The van der Waals surface area contributed by atoms with E-state index in [1.807, 2.05) is 24.3 Å². The number of benzene rings is 1. The van der Waals surface area contributed by atoms with Gasteiger partial charge in [0.15, 0.2) is 0 Å². The lowest BCUT2D eigenvalue weighted by Crippen LogP contribution is -2.23. The molecule has 1 aliphatic carbocycles. The standard InChI is InChI=1S/C17H25ClO5P2/c18-11-2-1-3-12(8-11)21-10-13(22-24)4-5-15-14(6-7-19)16(20)9-17(15)23-25/h1-5,8,13-17,19-20H,6-7,9-10,24-25H2/t13?,14-,15-,16?,17?/m1/s1. The molecule has 0 spiro atoms. The highest BCUT2D eigenvalue weighted by atomic mass is 35.5. The molecule has 0 heterocycles. The molecule has 5 nitrogen and oxygen atoms in total. The average molecular weight is 407 g/mol. The van der Waals surface area contributed by atoms with Gasteiger partial charge >= 0.3 is 0 Å². The van der Waals surface area contributed by atoms with E-state index in [4.69, 9.17) is 25.4 Å². The first-order valence-corrected chi connectivity index (χ1v) is 9.47. The Morgan fingerprint density at radius 1 is 1.36 bits per heavy atom. The number of ether oxygens (including phenoxy) is 1. The van der Waals surface area contributed by atoms with Crippen molar-refractivity contribution >= 4 is 30.5 Å². The highest BCUT2D eigenvalue weighted by molar-refractivity contribution is 7.10. The molecular formula is C17H25ClO5P2. The van der Waals surface area contributed by atoms with E-state index in [1.54, 1.807) is 12.1 Å². The van der Waals surface area contributed by atoms with E-state index in [0.29, 0.717) is 30.2 Å². The molecule has 0 radical (unpaired) electrons. The largest absolute Gasteiger partial charge is 0.490 e. The molecular weight excluding hydrogens is 382 g/mol. The maximum Gasteiger partial charge on any atom is 0.120 e. The van der Waals surface area contributed by atoms with E-state index >= 15 is 0 Å². The summed E-state index contributed by atoms with van der Waals surface area (Å²) in [5.74, 6) is 0.646. The van der Waals surface area contributed by atoms with Gasteiger partial charge in [0.05, 0.1) is 12.2 Å². The number of halogens is 1. The SMILES string of the molecule is OCC[C@H]1C(O)CC(OP)[C@@H]1C=CC(COc1cccc(Cl)c1)OP. The van der Waals surface area contributed by atoms with Crippen LogP contribution in [0.1, 0.15) is 12.8 Å². The maximum atomic E-state index is 10.2. The molecule has 8 heteroatoms. The second kappa shape index (κ2) is 10.8. The van der Waals surface area contributed by atoms with Gasteiger partial charge in [0.2, 0.25) is 0 Å². The Hall–Kier alpha value is -0.250. The Labute approximate surface area is 158 Å². The topological polar surface area (TPSA) is 68.2 Å². The fourth-order valence-electron chi connectivity index (χ4n) is 3.18. The van der Waals surface area contributed by atoms with E-state index in [0.717, 1.165) is 0 Å². The van der Waals surface area contributed by atoms with Crippen LogP contribution in [-0.4, -0.2) is 41.7 Å². The van der Waals surface area contributed by atoms with Crippen molar-refractivity contribution in [3.05, 3.63) is 41.4 Å². The molecule has 1 aromatic rings. The minimum atomic E-state index is -0.481. The van der Waals surface area contributed by atoms with Gasteiger partial charge in [-0.3, -0.25) is 0 Å². The molecule has 0 saturated heterocycles. The summed E-state index contributed by atoms with van der Waals surface area (Å²) >= 11 is 5.94. The molecule has 1 fully saturated rings. The predicted octanol–water partition coefficient (Wildman–Crippen LogP) is 3.01. The fourth-order valence-corrected chi connectivity index (χ4v) is 3.82. The number of rotatable bonds is 9. The molecule has 1 aromatic carbocycles. The van der Waals surface area contributed by atoms with Crippen LogP contribution in [0.25, 0.3) is 0 Å². The van der Waals surface area contributed by atoms with Crippen molar-refractivity contribution in [1.82, 2.24) is 0 Å². The van der Waals surface area contributed by atoms with E-state index in [1.165, 1.54) is 0 Å². The molecule has 2 rings (SSSR count). The molecule has 25 heavy (non-hydrogen) atoms. The minimum Gasteiger partial charge on any atom is -0.490 e. The third-order valence-electron chi connectivity index (χ3n) is 4.46. The van der Waals surface area contributed by atoms with Crippen molar-refractivity contribution in [1.29, 1.82) is 0 Å². The lowest BCUT2D eigenvalue weighted by molar-refractivity contribution is 0.103. The number of hydrogen-bond donors (Lipinski definition) is 2. The summed E-state index contributed by atoms with van der Waals surface area (Å²) < 4.78 is 16.5. The van der Waals surface area contributed by atoms with Gasteiger partial charge in [-0.2, -0.15) is 0 Å². The van der Waals surface area contributed by atoms with Crippen LogP contribution in [-0.2, 0) is 9.05 Å². The molecule has 0 aliphatic heterocycles. The Kier molecular flexibility index (Phi) is 9.09. The summed E-state index contributed by atoms with van der Waals surface area (Å²) in [5.41, 5.74) is 0. The van der Waals surface area contributed by atoms with Crippen molar-refractivity contribution in [2.24, 2.45) is 11.8 Å².